The first kappa shape index (κ1) is 43.6. The SMILES string of the molecule is Nc1ccn([C@H]2C[C@H](O)[C@@H](COP(=O)(O)OP(=O)(O)OP(=O)(O)OP(=O)(O)O)O2)c(=O)n1.[NaH].[NaH].[NaH].[NaH]. The molecular weight excluding hydrogens is 622 g/mol. The Hall–Kier alpha value is 3.16. The maximum absolute atomic E-state index is 11.8. The van der Waals surface area contributed by atoms with Crippen LogP contribution in [0.1, 0.15) is 12.6 Å². The normalized spacial score (nSPS) is 24.3. The molecule has 0 radical (unpaired) electrons. The third kappa shape index (κ3) is 15.4. The average molecular weight is 643 g/mol. The van der Waals surface area contributed by atoms with Gasteiger partial charge in [-0.1, -0.05) is 0 Å². The first-order chi connectivity index (χ1) is 14.4. The molecule has 192 valence electrons. The number of hydrogen-bond donors (Lipinski definition) is 7. The van der Waals surface area contributed by atoms with Crippen molar-refractivity contribution in [1.82, 2.24) is 9.55 Å². The number of phosphoric acid groups is 4. The van der Waals surface area contributed by atoms with Crippen LogP contribution in [-0.2, 0) is 40.5 Å². The van der Waals surface area contributed by atoms with Crippen molar-refractivity contribution in [3.8, 4) is 0 Å². The fraction of sp³-hybridized carbons (Fsp3) is 0.556. The van der Waals surface area contributed by atoms with Gasteiger partial charge in [0.15, 0.2) is 0 Å². The zero-order chi connectivity index (χ0) is 24.5. The van der Waals surface area contributed by atoms with E-state index in [1.54, 1.807) is 0 Å². The number of aliphatic hydroxyl groups is 1. The summed E-state index contributed by atoms with van der Waals surface area (Å²) in [5, 5.41) is 9.99. The second-order valence-electron chi connectivity index (χ2n) is 5.91. The number of aromatic nitrogens is 2. The van der Waals surface area contributed by atoms with Crippen molar-refractivity contribution >= 4 is 155 Å². The van der Waals surface area contributed by atoms with E-state index < -0.39 is 62.0 Å². The summed E-state index contributed by atoms with van der Waals surface area (Å²) in [5.74, 6) is -0.0719. The standard InChI is InChI=1S/C9H17N3O16P4.4Na.4H/c10-7-1-2-12(9(14)11-7)8-3-5(13)6(25-8)4-24-30(18,19)27-32(22,23)28-31(20,21)26-29(15,16)17;;;;;;;;/h1-2,5-6,8,13H,3-4H2,(H,18,19)(H,20,21)(H,22,23)(H2,10,11,14)(H2,15,16,17);;;;;;;;/t5-,6+,8+;;;;;;;;/m0......../s1. The van der Waals surface area contributed by atoms with Gasteiger partial charge in [0.05, 0.1) is 12.7 Å². The number of nitrogen functional groups attached to an aromatic ring is 1. The molecule has 0 spiro atoms. The van der Waals surface area contributed by atoms with E-state index in [4.69, 9.17) is 25.2 Å². The zero-order valence-corrected chi connectivity index (χ0v) is 18.9. The van der Waals surface area contributed by atoms with Gasteiger partial charge >= 0.3 is 155 Å². The number of phosphoric ester groups is 1. The molecule has 19 nitrogen and oxygen atoms in total. The van der Waals surface area contributed by atoms with Gasteiger partial charge in [0.2, 0.25) is 0 Å². The Kier molecular flexibility index (Phi) is 21.0. The van der Waals surface area contributed by atoms with Crippen molar-refractivity contribution in [3.05, 3.63) is 22.7 Å². The summed E-state index contributed by atoms with van der Waals surface area (Å²) in [6, 6.07) is 1.27. The number of nitrogens with two attached hydrogens (primary N) is 1. The van der Waals surface area contributed by atoms with Gasteiger partial charge in [-0.2, -0.15) is 17.9 Å². The van der Waals surface area contributed by atoms with Gasteiger partial charge in [-0.25, -0.2) is 23.1 Å². The van der Waals surface area contributed by atoms with Gasteiger partial charge < -0.3 is 40.0 Å². The predicted molar refractivity (Wildman–Crippen MR) is 127 cm³/mol. The number of anilines is 1. The van der Waals surface area contributed by atoms with E-state index in [1.807, 2.05) is 0 Å². The van der Waals surface area contributed by atoms with Crippen LogP contribution in [0.4, 0.5) is 5.82 Å². The Morgan fingerprint density at radius 1 is 0.972 bits per heavy atom. The molecule has 8 N–H and O–H groups in total. The topological polar surface area (TPSA) is 297 Å². The Morgan fingerprint density at radius 3 is 1.97 bits per heavy atom. The minimum absolute atomic E-state index is 0. The molecule has 3 unspecified atom stereocenters. The quantitative estimate of drug-likeness (QED) is 0.0955. The summed E-state index contributed by atoms with van der Waals surface area (Å²) in [7, 11) is -23.1. The molecule has 0 saturated carbocycles. The Labute approximate surface area is 291 Å². The van der Waals surface area contributed by atoms with Gasteiger partial charge in [0, 0.05) is 12.6 Å². The van der Waals surface area contributed by atoms with E-state index in [1.165, 1.54) is 12.3 Å². The monoisotopic (exact) mass is 643 g/mol. The van der Waals surface area contributed by atoms with Crippen molar-refractivity contribution in [2.45, 2.75) is 24.9 Å². The van der Waals surface area contributed by atoms with E-state index in [0.29, 0.717) is 0 Å². The molecule has 1 saturated heterocycles. The molecule has 1 aliphatic heterocycles. The third-order valence-corrected chi connectivity index (χ3v) is 8.84. The Balaban J connectivity index is -0.00000272. The molecule has 27 heteroatoms. The van der Waals surface area contributed by atoms with Crippen LogP contribution >= 0.6 is 31.3 Å². The number of aliphatic hydroxyl groups excluding tert-OH is 1. The van der Waals surface area contributed by atoms with E-state index in [0.717, 1.165) is 4.57 Å². The van der Waals surface area contributed by atoms with E-state index >= 15 is 0 Å². The summed E-state index contributed by atoms with van der Waals surface area (Å²) in [6.07, 6.45) is -2.75. The molecule has 6 atom stereocenters. The molecule has 1 aromatic heterocycles. The number of ether oxygens (including phenoxy) is 1. The van der Waals surface area contributed by atoms with Gasteiger partial charge in [-0.15, -0.1) is 0 Å². The van der Waals surface area contributed by atoms with Crippen LogP contribution in [0.2, 0.25) is 0 Å². The Bertz CT molecular complexity index is 1100. The van der Waals surface area contributed by atoms with Crippen LogP contribution in [0.15, 0.2) is 17.1 Å². The van der Waals surface area contributed by atoms with Crippen LogP contribution in [0.5, 0.6) is 0 Å². The van der Waals surface area contributed by atoms with Crippen LogP contribution in [0.3, 0.4) is 0 Å². The van der Waals surface area contributed by atoms with Gasteiger partial charge in [0.25, 0.3) is 0 Å². The fourth-order valence-electron chi connectivity index (χ4n) is 2.30. The molecule has 1 fully saturated rings. The van der Waals surface area contributed by atoms with Crippen LogP contribution in [-0.4, -0.2) is 176 Å². The van der Waals surface area contributed by atoms with Crippen molar-refractivity contribution < 1.29 is 70.0 Å². The second kappa shape index (κ2) is 17.3. The van der Waals surface area contributed by atoms with E-state index in [9.17, 15) is 37.9 Å². The maximum atomic E-state index is 11.8. The molecule has 0 amide bonds. The summed E-state index contributed by atoms with van der Waals surface area (Å²) in [5.41, 5.74) is 4.54. The van der Waals surface area contributed by atoms with Crippen molar-refractivity contribution in [1.29, 1.82) is 0 Å². The van der Waals surface area contributed by atoms with Gasteiger partial charge in [-0.3, -0.25) is 9.09 Å². The van der Waals surface area contributed by atoms with Crippen LogP contribution < -0.4 is 11.4 Å². The number of hydrogen-bond acceptors (Lipinski definition) is 13. The molecule has 1 aromatic rings. The molecule has 0 bridgehead atoms. The van der Waals surface area contributed by atoms with Crippen molar-refractivity contribution in [2.75, 3.05) is 12.3 Å². The second-order valence-corrected chi connectivity index (χ2v) is 11.9. The summed E-state index contributed by atoms with van der Waals surface area (Å²) in [6.45, 7) is -0.946. The number of rotatable bonds is 10. The van der Waals surface area contributed by atoms with Crippen LogP contribution in [0, 0.1) is 0 Å². The Morgan fingerprint density at radius 2 is 1.47 bits per heavy atom. The summed E-state index contributed by atoms with van der Waals surface area (Å²) >= 11 is 0. The zero-order valence-electron chi connectivity index (χ0n) is 15.3. The van der Waals surface area contributed by atoms with Gasteiger partial charge in [-0.05, 0) is 6.07 Å². The molecule has 2 heterocycles. The third-order valence-electron chi connectivity index (χ3n) is 3.39. The molecular formula is C9H21N3Na4O16P4. The first-order valence-corrected chi connectivity index (χ1v) is 13.9. The molecule has 0 aromatic carbocycles. The minimum atomic E-state index is -5.96. The molecule has 0 aliphatic carbocycles. The van der Waals surface area contributed by atoms with E-state index in [-0.39, 0.29) is 130 Å². The summed E-state index contributed by atoms with van der Waals surface area (Å²) < 4.78 is 66.2. The molecule has 2 rings (SSSR count). The predicted octanol–water partition coefficient (Wildman–Crippen LogP) is -3.66. The average Bonchev–Trinajstić information content (AvgIpc) is 2.89. The first-order valence-electron chi connectivity index (χ1n) is 7.89. The van der Waals surface area contributed by atoms with Crippen molar-refractivity contribution in [2.24, 2.45) is 0 Å². The molecule has 36 heavy (non-hydrogen) atoms. The van der Waals surface area contributed by atoms with Crippen molar-refractivity contribution in [3.63, 3.8) is 0 Å². The summed E-state index contributed by atoms with van der Waals surface area (Å²) in [4.78, 5) is 59.9. The van der Waals surface area contributed by atoms with E-state index in [2.05, 4.69) is 22.4 Å². The van der Waals surface area contributed by atoms with Gasteiger partial charge in [0.1, 0.15) is 18.1 Å². The van der Waals surface area contributed by atoms with Crippen LogP contribution in [0.25, 0.3) is 0 Å². The fourth-order valence-corrected chi connectivity index (χ4v) is 6.76. The number of nitrogens with zero attached hydrogens (tertiary/aromatic N) is 2. The molecule has 1 aliphatic rings.